The van der Waals surface area contributed by atoms with Gasteiger partial charge in [0, 0.05) is 38.9 Å². The highest BCUT2D eigenvalue weighted by Crippen LogP contribution is 2.36. The number of H-pyrrole nitrogens is 1. The zero-order valence-corrected chi connectivity index (χ0v) is 15.1. The molecule has 0 aromatic carbocycles. The maximum absolute atomic E-state index is 12.2. The molecule has 4 N–H and O–H groups in total. The molecule has 1 amide bonds. The summed E-state index contributed by atoms with van der Waals surface area (Å²) < 4.78 is 37.4. The molecule has 13 heteroatoms. The SMILES string of the molecule is C#CCCC1(CCNC(=O)c2cn[nH]c2OC2CNC2)N=N1.O=C(O)C(F)(F)F. The van der Waals surface area contributed by atoms with Gasteiger partial charge in [-0.05, 0) is 0 Å². The molecule has 0 bridgehead atoms. The summed E-state index contributed by atoms with van der Waals surface area (Å²) in [5.74, 6) is 0.0141. The molecule has 1 fully saturated rings. The van der Waals surface area contributed by atoms with Crippen LogP contribution in [0.5, 0.6) is 5.88 Å². The summed E-state index contributed by atoms with van der Waals surface area (Å²) in [6.07, 6.45) is 3.74. The molecular formula is C16H19F3N6O4. The molecule has 0 saturated carbocycles. The van der Waals surface area contributed by atoms with Gasteiger partial charge in [-0.15, -0.1) is 12.3 Å². The van der Waals surface area contributed by atoms with Crippen LogP contribution >= 0.6 is 0 Å². The van der Waals surface area contributed by atoms with Gasteiger partial charge in [0.25, 0.3) is 5.91 Å². The van der Waals surface area contributed by atoms with E-state index in [0.717, 1.165) is 19.5 Å². The first-order chi connectivity index (χ1) is 13.7. The number of alkyl halides is 3. The van der Waals surface area contributed by atoms with Crippen molar-refractivity contribution in [3.8, 4) is 18.2 Å². The molecule has 0 atom stereocenters. The molecule has 3 heterocycles. The van der Waals surface area contributed by atoms with E-state index >= 15 is 0 Å². The molecule has 0 spiro atoms. The summed E-state index contributed by atoms with van der Waals surface area (Å²) in [5, 5.41) is 27.7. The predicted molar refractivity (Wildman–Crippen MR) is 92.2 cm³/mol. The zero-order valence-electron chi connectivity index (χ0n) is 15.1. The first-order valence-electron chi connectivity index (χ1n) is 8.53. The minimum atomic E-state index is -5.08. The Kier molecular flexibility index (Phi) is 7.16. The smallest absolute Gasteiger partial charge is 0.475 e. The van der Waals surface area contributed by atoms with E-state index in [1.807, 2.05) is 0 Å². The normalized spacial score (nSPS) is 16.6. The van der Waals surface area contributed by atoms with Gasteiger partial charge in [0.1, 0.15) is 11.7 Å². The van der Waals surface area contributed by atoms with E-state index in [9.17, 15) is 18.0 Å². The maximum Gasteiger partial charge on any atom is 0.490 e. The number of terminal acetylenes is 1. The Labute approximate surface area is 163 Å². The van der Waals surface area contributed by atoms with Crippen molar-refractivity contribution >= 4 is 11.9 Å². The molecule has 1 saturated heterocycles. The number of carbonyl (C=O) groups excluding carboxylic acids is 1. The Bertz CT molecular complexity index is 791. The Morgan fingerprint density at radius 3 is 2.52 bits per heavy atom. The van der Waals surface area contributed by atoms with Crippen LogP contribution in [0.3, 0.4) is 0 Å². The number of rotatable bonds is 8. The second-order valence-corrected chi connectivity index (χ2v) is 6.21. The lowest BCUT2D eigenvalue weighted by Crippen LogP contribution is -2.50. The Hall–Kier alpha value is -3.14. The molecule has 1 aromatic rings. The summed E-state index contributed by atoms with van der Waals surface area (Å²) in [6.45, 7) is 2.04. The first kappa shape index (κ1) is 22.2. The van der Waals surface area contributed by atoms with Gasteiger partial charge in [-0.25, -0.2) is 9.89 Å². The van der Waals surface area contributed by atoms with Crippen LogP contribution in [0.15, 0.2) is 16.4 Å². The number of aromatic nitrogens is 2. The maximum atomic E-state index is 12.2. The van der Waals surface area contributed by atoms with Gasteiger partial charge in [0.2, 0.25) is 5.88 Å². The van der Waals surface area contributed by atoms with Gasteiger partial charge in [-0.2, -0.15) is 28.5 Å². The molecule has 2 aliphatic rings. The summed E-state index contributed by atoms with van der Waals surface area (Å²) in [4.78, 5) is 21.1. The van der Waals surface area contributed by atoms with Crippen molar-refractivity contribution in [1.82, 2.24) is 20.8 Å². The summed E-state index contributed by atoms with van der Waals surface area (Å²) in [7, 11) is 0. The number of halogens is 3. The van der Waals surface area contributed by atoms with Crippen LogP contribution in [0.4, 0.5) is 13.2 Å². The Balaban J connectivity index is 0.000000370. The van der Waals surface area contributed by atoms with Gasteiger partial charge >= 0.3 is 12.1 Å². The second kappa shape index (κ2) is 9.37. The van der Waals surface area contributed by atoms with E-state index in [0.29, 0.717) is 30.8 Å². The third-order valence-corrected chi connectivity index (χ3v) is 3.98. The highest BCUT2D eigenvalue weighted by atomic mass is 19.4. The molecular weight excluding hydrogens is 397 g/mol. The van der Waals surface area contributed by atoms with Crippen molar-refractivity contribution < 1.29 is 32.6 Å². The van der Waals surface area contributed by atoms with Gasteiger partial charge in [-0.3, -0.25) is 4.79 Å². The number of nitrogens with one attached hydrogen (secondary N) is 3. The average molecular weight is 416 g/mol. The van der Waals surface area contributed by atoms with Crippen molar-refractivity contribution in [3.63, 3.8) is 0 Å². The van der Waals surface area contributed by atoms with Crippen LogP contribution in [0.1, 0.15) is 29.6 Å². The number of hydrogen-bond donors (Lipinski definition) is 4. The fraction of sp³-hybridized carbons (Fsp3) is 0.562. The molecule has 0 unspecified atom stereocenters. The fourth-order valence-corrected chi connectivity index (χ4v) is 2.18. The lowest BCUT2D eigenvalue weighted by atomic mass is 10.0. The van der Waals surface area contributed by atoms with Crippen molar-refractivity contribution in [3.05, 3.63) is 11.8 Å². The number of ether oxygens (including phenoxy) is 1. The molecule has 3 rings (SSSR count). The fourth-order valence-electron chi connectivity index (χ4n) is 2.18. The summed E-state index contributed by atoms with van der Waals surface area (Å²) >= 11 is 0. The van der Waals surface area contributed by atoms with Gasteiger partial charge in [0.05, 0.1) is 6.20 Å². The number of carboxylic acids is 1. The quantitative estimate of drug-likeness (QED) is 0.468. The third kappa shape index (κ3) is 6.75. The molecule has 10 nitrogen and oxygen atoms in total. The summed E-state index contributed by atoms with van der Waals surface area (Å²) in [6, 6.07) is 0. The van der Waals surface area contributed by atoms with Gasteiger partial charge in [0.15, 0.2) is 5.66 Å². The van der Waals surface area contributed by atoms with Crippen molar-refractivity contribution in [2.24, 2.45) is 10.2 Å². The van der Waals surface area contributed by atoms with Crippen molar-refractivity contribution in [2.75, 3.05) is 19.6 Å². The van der Waals surface area contributed by atoms with Crippen molar-refractivity contribution in [2.45, 2.75) is 37.2 Å². The largest absolute Gasteiger partial charge is 0.490 e. The molecule has 2 aliphatic heterocycles. The number of nitrogens with zero attached hydrogens (tertiary/aromatic N) is 3. The van der Waals surface area contributed by atoms with Crippen molar-refractivity contribution in [1.29, 1.82) is 0 Å². The number of aliphatic carboxylic acids is 1. The van der Waals surface area contributed by atoms with E-state index in [4.69, 9.17) is 21.1 Å². The number of carbonyl (C=O) groups is 2. The average Bonchev–Trinajstić information content (AvgIpc) is 3.22. The van der Waals surface area contributed by atoms with Crippen LogP contribution < -0.4 is 15.4 Å². The lowest BCUT2D eigenvalue weighted by molar-refractivity contribution is -0.192. The van der Waals surface area contributed by atoms with E-state index in [1.54, 1.807) is 0 Å². The molecule has 29 heavy (non-hydrogen) atoms. The molecule has 0 radical (unpaired) electrons. The lowest BCUT2D eigenvalue weighted by Gasteiger charge is -2.27. The second-order valence-electron chi connectivity index (χ2n) is 6.21. The minimum Gasteiger partial charge on any atom is -0.475 e. The highest BCUT2D eigenvalue weighted by Gasteiger charge is 2.39. The highest BCUT2D eigenvalue weighted by molar-refractivity contribution is 5.96. The first-order valence-corrected chi connectivity index (χ1v) is 8.53. The molecule has 158 valence electrons. The van der Waals surface area contributed by atoms with E-state index < -0.39 is 12.1 Å². The Morgan fingerprint density at radius 1 is 1.38 bits per heavy atom. The summed E-state index contributed by atoms with van der Waals surface area (Å²) in [5.41, 5.74) is 0.0294. The van der Waals surface area contributed by atoms with E-state index in [2.05, 4.69) is 37.0 Å². The number of hydrogen-bond acceptors (Lipinski definition) is 7. The zero-order chi connectivity index (χ0) is 21.5. The number of aromatic amines is 1. The van der Waals surface area contributed by atoms with Crippen LogP contribution in [0.25, 0.3) is 0 Å². The topological polar surface area (TPSA) is 141 Å². The molecule has 0 aliphatic carbocycles. The monoisotopic (exact) mass is 416 g/mol. The standard InChI is InChI=1S/C14H18N6O2.C2HF3O2/c1-2-3-4-14(19-20-14)5-6-16-12(21)11-9-17-18-13(11)22-10-7-15-8-10;3-2(4,5)1(6)7/h1,9-10,15H,3-8H2,(H,16,21)(H,17,18);(H,6,7). The van der Waals surface area contributed by atoms with Crippen LogP contribution in [-0.4, -0.2) is 64.8 Å². The van der Waals surface area contributed by atoms with E-state index in [1.165, 1.54) is 6.20 Å². The van der Waals surface area contributed by atoms with Crippen LogP contribution in [0.2, 0.25) is 0 Å². The predicted octanol–water partition coefficient (Wildman–Crippen LogP) is 1.09. The minimum absolute atomic E-state index is 0.0862. The number of amides is 1. The number of carboxylic acid groups (broad SMARTS) is 1. The van der Waals surface area contributed by atoms with Gasteiger partial charge < -0.3 is 20.5 Å². The van der Waals surface area contributed by atoms with Gasteiger partial charge in [-0.1, -0.05) is 0 Å². The van der Waals surface area contributed by atoms with Crippen LogP contribution in [0, 0.1) is 12.3 Å². The van der Waals surface area contributed by atoms with Crippen LogP contribution in [-0.2, 0) is 4.79 Å². The Morgan fingerprint density at radius 2 is 2.03 bits per heavy atom. The molecule has 1 aromatic heterocycles. The third-order valence-electron chi connectivity index (χ3n) is 3.98. The van der Waals surface area contributed by atoms with E-state index in [-0.39, 0.29) is 17.7 Å².